The number of hydrogen-bond donors (Lipinski definition) is 1. The molecule has 1 aromatic heterocycles. The first-order chi connectivity index (χ1) is 7.77. The molecule has 16 heavy (non-hydrogen) atoms. The van der Waals surface area contributed by atoms with Gasteiger partial charge in [0, 0.05) is 25.8 Å². The van der Waals surface area contributed by atoms with Gasteiger partial charge in [-0.2, -0.15) is 11.8 Å². The summed E-state index contributed by atoms with van der Waals surface area (Å²) >= 11 is 1.85. The monoisotopic (exact) mass is 235 g/mol. The SMILES string of the molecule is CSCCc1nc2c(CN)cccc2n1C. The van der Waals surface area contributed by atoms with Gasteiger partial charge in [-0.05, 0) is 17.9 Å². The second kappa shape index (κ2) is 4.89. The minimum absolute atomic E-state index is 0.552. The van der Waals surface area contributed by atoms with Crippen molar-refractivity contribution in [2.45, 2.75) is 13.0 Å². The molecular formula is C12H17N3S. The third-order valence-electron chi connectivity index (χ3n) is 2.84. The van der Waals surface area contributed by atoms with Crippen LogP contribution in [0.15, 0.2) is 18.2 Å². The molecule has 3 nitrogen and oxygen atoms in total. The van der Waals surface area contributed by atoms with E-state index in [-0.39, 0.29) is 0 Å². The number of fused-ring (bicyclic) bond motifs is 1. The first-order valence-corrected chi connectivity index (χ1v) is 6.79. The Morgan fingerprint density at radius 2 is 2.25 bits per heavy atom. The van der Waals surface area contributed by atoms with Gasteiger partial charge in [0.2, 0.25) is 0 Å². The zero-order valence-corrected chi connectivity index (χ0v) is 10.5. The average molecular weight is 235 g/mol. The zero-order chi connectivity index (χ0) is 11.5. The highest BCUT2D eigenvalue weighted by molar-refractivity contribution is 7.98. The van der Waals surface area contributed by atoms with Crippen LogP contribution < -0.4 is 5.73 Å². The molecule has 0 fully saturated rings. The van der Waals surface area contributed by atoms with E-state index in [9.17, 15) is 0 Å². The van der Waals surface area contributed by atoms with Gasteiger partial charge in [-0.3, -0.25) is 0 Å². The summed E-state index contributed by atoms with van der Waals surface area (Å²) < 4.78 is 2.17. The van der Waals surface area contributed by atoms with Crippen molar-refractivity contribution < 1.29 is 0 Å². The number of para-hydroxylation sites is 1. The maximum atomic E-state index is 5.72. The lowest BCUT2D eigenvalue weighted by Gasteiger charge is -2.00. The lowest BCUT2D eigenvalue weighted by molar-refractivity contribution is 0.833. The molecule has 0 aliphatic carbocycles. The van der Waals surface area contributed by atoms with Gasteiger partial charge < -0.3 is 10.3 Å². The molecule has 1 aromatic carbocycles. The molecule has 2 N–H and O–H groups in total. The van der Waals surface area contributed by atoms with Crippen LogP contribution in [0.5, 0.6) is 0 Å². The van der Waals surface area contributed by atoms with Crippen molar-refractivity contribution in [3.05, 3.63) is 29.6 Å². The van der Waals surface area contributed by atoms with E-state index >= 15 is 0 Å². The van der Waals surface area contributed by atoms with Crippen molar-refractivity contribution in [1.82, 2.24) is 9.55 Å². The molecule has 0 amide bonds. The van der Waals surface area contributed by atoms with Crippen LogP contribution in [0.1, 0.15) is 11.4 Å². The highest BCUT2D eigenvalue weighted by Gasteiger charge is 2.09. The maximum absolute atomic E-state index is 5.72. The van der Waals surface area contributed by atoms with E-state index in [0.717, 1.165) is 29.1 Å². The number of thioether (sulfide) groups is 1. The van der Waals surface area contributed by atoms with Gasteiger partial charge in [-0.25, -0.2) is 4.98 Å². The third kappa shape index (κ3) is 1.95. The fourth-order valence-electron chi connectivity index (χ4n) is 1.90. The van der Waals surface area contributed by atoms with E-state index in [2.05, 4.69) is 23.9 Å². The first-order valence-electron chi connectivity index (χ1n) is 5.40. The summed E-state index contributed by atoms with van der Waals surface area (Å²) in [5, 5.41) is 0. The fraction of sp³-hybridized carbons (Fsp3) is 0.417. The Morgan fingerprint density at radius 1 is 1.44 bits per heavy atom. The van der Waals surface area contributed by atoms with E-state index in [1.54, 1.807) is 0 Å². The fourth-order valence-corrected chi connectivity index (χ4v) is 2.29. The number of aryl methyl sites for hydroxylation is 2. The van der Waals surface area contributed by atoms with Crippen molar-refractivity contribution in [1.29, 1.82) is 0 Å². The molecule has 86 valence electrons. The molecule has 2 rings (SSSR count). The highest BCUT2D eigenvalue weighted by atomic mass is 32.2. The quantitative estimate of drug-likeness (QED) is 0.880. The van der Waals surface area contributed by atoms with Crippen molar-refractivity contribution in [3.8, 4) is 0 Å². The van der Waals surface area contributed by atoms with Crippen molar-refractivity contribution >= 4 is 22.8 Å². The number of aromatic nitrogens is 2. The van der Waals surface area contributed by atoms with Crippen molar-refractivity contribution in [3.63, 3.8) is 0 Å². The molecule has 0 bridgehead atoms. The van der Waals surface area contributed by atoms with Crippen LogP contribution in [0, 0.1) is 0 Å². The molecule has 2 aromatic rings. The zero-order valence-electron chi connectivity index (χ0n) is 9.73. The normalized spacial score (nSPS) is 11.2. The molecule has 0 atom stereocenters. The molecule has 4 heteroatoms. The number of nitrogens with two attached hydrogens (primary N) is 1. The topological polar surface area (TPSA) is 43.8 Å². The Balaban J connectivity index is 2.49. The summed E-state index contributed by atoms with van der Waals surface area (Å²) in [5.74, 6) is 2.25. The van der Waals surface area contributed by atoms with Crippen molar-refractivity contribution in [2.24, 2.45) is 12.8 Å². The largest absolute Gasteiger partial charge is 0.331 e. The third-order valence-corrected chi connectivity index (χ3v) is 3.45. The van der Waals surface area contributed by atoms with Gasteiger partial charge >= 0.3 is 0 Å². The molecule has 0 unspecified atom stereocenters. The van der Waals surface area contributed by atoms with Gasteiger partial charge in [0.05, 0.1) is 11.0 Å². The summed E-state index contributed by atoms with van der Waals surface area (Å²) in [6.45, 7) is 0.552. The average Bonchev–Trinajstić information content (AvgIpc) is 2.64. The maximum Gasteiger partial charge on any atom is 0.110 e. The van der Waals surface area contributed by atoms with Crippen molar-refractivity contribution in [2.75, 3.05) is 12.0 Å². The van der Waals surface area contributed by atoms with Crippen LogP contribution in [0.25, 0.3) is 11.0 Å². The van der Waals surface area contributed by atoms with E-state index in [4.69, 9.17) is 10.7 Å². The first kappa shape index (κ1) is 11.5. The van der Waals surface area contributed by atoms with E-state index in [0.29, 0.717) is 6.54 Å². The van der Waals surface area contributed by atoms with E-state index in [1.165, 1.54) is 5.52 Å². The molecule has 1 heterocycles. The van der Waals surface area contributed by atoms with Crippen LogP contribution >= 0.6 is 11.8 Å². The van der Waals surface area contributed by atoms with Crippen LogP contribution in [-0.4, -0.2) is 21.6 Å². The van der Waals surface area contributed by atoms with Crippen LogP contribution in [0.4, 0.5) is 0 Å². The summed E-state index contributed by atoms with van der Waals surface area (Å²) in [5.41, 5.74) is 9.09. The predicted molar refractivity (Wildman–Crippen MR) is 70.7 cm³/mol. The molecule has 0 saturated carbocycles. The van der Waals surface area contributed by atoms with Gasteiger partial charge in [0.1, 0.15) is 5.82 Å². The Labute approximate surface area is 100 Å². The smallest absolute Gasteiger partial charge is 0.110 e. The Morgan fingerprint density at radius 3 is 2.94 bits per heavy atom. The Bertz CT molecular complexity index is 490. The molecule has 0 aliphatic rings. The second-order valence-corrected chi connectivity index (χ2v) is 4.80. The van der Waals surface area contributed by atoms with E-state index < -0.39 is 0 Å². The predicted octanol–water partition coefficient (Wildman–Crippen LogP) is 1.94. The summed E-state index contributed by atoms with van der Waals surface area (Å²) in [7, 11) is 2.07. The number of benzene rings is 1. The molecule has 0 aliphatic heterocycles. The molecule has 0 spiro atoms. The lowest BCUT2D eigenvalue weighted by Crippen LogP contribution is -1.99. The number of hydrogen-bond acceptors (Lipinski definition) is 3. The summed E-state index contributed by atoms with van der Waals surface area (Å²) in [6, 6.07) is 6.20. The molecule has 0 saturated heterocycles. The Kier molecular flexibility index (Phi) is 3.51. The minimum atomic E-state index is 0.552. The summed E-state index contributed by atoms with van der Waals surface area (Å²) in [4.78, 5) is 4.69. The van der Waals surface area contributed by atoms with Crippen LogP contribution in [0.3, 0.4) is 0 Å². The minimum Gasteiger partial charge on any atom is -0.331 e. The second-order valence-electron chi connectivity index (χ2n) is 3.82. The summed E-state index contributed by atoms with van der Waals surface area (Å²) in [6.07, 6.45) is 3.13. The van der Waals surface area contributed by atoms with Gasteiger partial charge in [0.15, 0.2) is 0 Å². The number of imidazole rings is 1. The number of nitrogens with zero attached hydrogens (tertiary/aromatic N) is 2. The Hall–Kier alpha value is -1.00. The van der Waals surface area contributed by atoms with Gasteiger partial charge in [-0.15, -0.1) is 0 Å². The van der Waals surface area contributed by atoms with Gasteiger partial charge in [-0.1, -0.05) is 12.1 Å². The number of rotatable bonds is 4. The van der Waals surface area contributed by atoms with Gasteiger partial charge in [0.25, 0.3) is 0 Å². The lowest BCUT2D eigenvalue weighted by atomic mass is 10.2. The highest BCUT2D eigenvalue weighted by Crippen LogP contribution is 2.19. The molecular weight excluding hydrogens is 218 g/mol. The van der Waals surface area contributed by atoms with Crippen LogP contribution in [-0.2, 0) is 20.0 Å². The van der Waals surface area contributed by atoms with Crippen LogP contribution in [0.2, 0.25) is 0 Å². The van der Waals surface area contributed by atoms with E-state index in [1.807, 2.05) is 23.9 Å². The molecule has 0 radical (unpaired) electrons. The standard InChI is InChI=1S/C12H17N3S/c1-15-10-5-3-4-9(8-13)12(10)14-11(15)6-7-16-2/h3-5H,6-8,13H2,1-2H3.